The highest BCUT2D eigenvalue weighted by atomic mass is 35.5. The van der Waals surface area contributed by atoms with Gasteiger partial charge in [-0.25, -0.2) is 14.8 Å². The van der Waals surface area contributed by atoms with Crippen molar-refractivity contribution in [1.82, 2.24) is 30.0 Å². The maximum absolute atomic E-state index is 13.3. The molecule has 0 bridgehead atoms. The fraction of sp³-hybridized carbons (Fsp3) is 0.488. The molecule has 4 amide bonds. The molecule has 2 aromatic carbocycles. The molecule has 3 aromatic rings. The molecule has 5 fully saturated rings. The van der Waals surface area contributed by atoms with Gasteiger partial charge in [0, 0.05) is 118 Å². The molecule has 6 aliphatic heterocycles. The van der Waals surface area contributed by atoms with Crippen LogP contribution in [0.4, 0.5) is 23.0 Å². The average Bonchev–Trinajstić information content (AvgIpc) is 3.64. The van der Waals surface area contributed by atoms with Gasteiger partial charge >= 0.3 is 0 Å². The lowest BCUT2D eigenvalue weighted by molar-refractivity contribution is -0.136. The molecule has 9 rings (SSSR count). The molecule has 14 nitrogen and oxygen atoms in total. The number of nitrogens with zero attached hydrogens (tertiary/aromatic N) is 9. The fourth-order valence-corrected chi connectivity index (χ4v) is 9.94. The summed E-state index contributed by atoms with van der Waals surface area (Å²) in [6, 6.07) is 11.1. The number of anilines is 3. The molecule has 6 aliphatic rings. The van der Waals surface area contributed by atoms with Crippen LogP contribution >= 0.6 is 11.6 Å². The first-order valence-electron chi connectivity index (χ1n) is 19.6. The molecule has 1 unspecified atom stereocenters. The van der Waals surface area contributed by atoms with Crippen molar-refractivity contribution in [2.24, 2.45) is 5.41 Å². The summed E-state index contributed by atoms with van der Waals surface area (Å²) in [7, 11) is 0. The van der Waals surface area contributed by atoms with E-state index < -0.39 is 23.8 Å². The van der Waals surface area contributed by atoms with Crippen LogP contribution in [0.1, 0.15) is 65.3 Å². The van der Waals surface area contributed by atoms with E-state index in [1.54, 1.807) is 12.1 Å². The highest BCUT2D eigenvalue weighted by molar-refractivity contribution is 6.33. The molecule has 290 valence electrons. The zero-order valence-electron chi connectivity index (χ0n) is 31.5. The number of amides is 4. The highest BCUT2D eigenvalue weighted by Gasteiger charge is 2.46. The summed E-state index contributed by atoms with van der Waals surface area (Å²) in [6.45, 7) is 18.7. The van der Waals surface area contributed by atoms with Crippen molar-refractivity contribution in [1.29, 1.82) is 0 Å². The quantitative estimate of drug-likeness (QED) is 0.277. The predicted molar refractivity (Wildman–Crippen MR) is 211 cm³/mol. The Hall–Kier alpha value is -5.10. The zero-order chi connectivity index (χ0) is 38.7. The molecule has 7 heterocycles. The summed E-state index contributed by atoms with van der Waals surface area (Å²) in [5.41, 5.74) is 4.48. The topological polar surface area (TPSA) is 130 Å². The number of nitrogens with one attached hydrogen (secondary N) is 1. The molecule has 0 radical (unpaired) electrons. The Labute approximate surface area is 331 Å². The Kier molecular flexibility index (Phi) is 9.42. The average molecular weight is 777 g/mol. The number of fused-ring (bicyclic) bond motifs is 1. The Morgan fingerprint density at radius 3 is 2.30 bits per heavy atom. The van der Waals surface area contributed by atoms with E-state index in [-0.39, 0.29) is 24.2 Å². The van der Waals surface area contributed by atoms with Crippen molar-refractivity contribution in [3.8, 4) is 0 Å². The number of piperidine rings is 2. The lowest BCUT2D eigenvalue weighted by Crippen LogP contribution is -2.62. The summed E-state index contributed by atoms with van der Waals surface area (Å²) in [6.07, 6.45) is 7.53. The summed E-state index contributed by atoms with van der Waals surface area (Å²) in [5, 5.41) is 2.77. The van der Waals surface area contributed by atoms with Crippen LogP contribution in [-0.2, 0) is 16.1 Å². The van der Waals surface area contributed by atoms with Crippen LogP contribution in [0, 0.1) is 12.0 Å². The van der Waals surface area contributed by atoms with Gasteiger partial charge < -0.3 is 14.7 Å². The van der Waals surface area contributed by atoms with Gasteiger partial charge in [-0.1, -0.05) is 17.7 Å². The molecule has 2 atom stereocenters. The molecular formula is C41H45ClN10O4. The van der Waals surface area contributed by atoms with Crippen molar-refractivity contribution >= 4 is 58.2 Å². The second-order valence-electron chi connectivity index (χ2n) is 16.4. The third-order valence-corrected chi connectivity index (χ3v) is 13.2. The molecule has 1 N–H and O–H groups in total. The summed E-state index contributed by atoms with van der Waals surface area (Å²) >= 11 is 6.38. The number of aromatic nitrogens is 2. The van der Waals surface area contributed by atoms with E-state index in [4.69, 9.17) is 28.1 Å². The lowest BCUT2D eigenvalue weighted by Gasteiger charge is -2.48. The second-order valence-corrected chi connectivity index (χ2v) is 16.8. The van der Waals surface area contributed by atoms with Crippen LogP contribution in [-0.4, -0.2) is 125 Å². The second kappa shape index (κ2) is 14.4. The number of hydrogen-bond donors (Lipinski definition) is 1. The van der Waals surface area contributed by atoms with E-state index in [0.717, 1.165) is 112 Å². The number of benzene rings is 2. The van der Waals surface area contributed by atoms with Gasteiger partial charge in [-0.3, -0.25) is 39.2 Å². The number of halogens is 1. The SMILES string of the molecule is [C-]#[N+]c1ccc(N2CC3(CCN(c4ncc(CN5CC(N6CCN(c7ccc8c(c7)C(=O)N(C7CCC(=O)NC7=O)C8=O)CC6)C5)cn4)CC3)C[C@@H]2C)cc1Cl. The number of carbonyl (C=O) groups excluding carboxylic acids is 4. The van der Waals surface area contributed by atoms with Gasteiger partial charge in [0.1, 0.15) is 6.04 Å². The first-order chi connectivity index (χ1) is 27.1. The summed E-state index contributed by atoms with van der Waals surface area (Å²) in [4.78, 5) is 76.6. The van der Waals surface area contributed by atoms with Gasteiger partial charge in [0.25, 0.3) is 11.8 Å². The van der Waals surface area contributed by atoms with E-state index in [1.165, 1.54) is 0 Å². The van der Waals surface area contributed by atoms with Crippen LogP contribution in [0.25, 0.3) is 4.85 Å². The third-order valence-electron chi connectivity index (χ3n) is 12.9. The zero-order valence-corrected chi connectivity index (χ0v) is 32.2. The van der Waals surface area contributed by atoms with Gasteiger partial charge in [-0.2, -0.15) is 0 Å². The van der Waals surface area contributed by atoms with Crippen molar-refractivity contribution in [3.63, 3.8) is 0 Å². The normalized spacial score (nSPS) is 24.4. The molecule has 1 aromatic heterocycles. The summed E-state index contributed by atoms with van der Waals surface area (Å²) < 4.78 is 0. The van der Waals surface area contributed by atoms with Crippen LogP contribution in [0.5, 0.6) is 0 Å². The van der Waals surface area contributed by atoms with Gasteiger partial charge in [0.05, 0.1) is 17.7 Å². The van der Waals surface area contributed by atoms with Gasteiger partial charge in [-0.05, 0) is 68.4 Å². The molecule has 0 aliphatic carbocycles. The monoisotopic (exact) mass is 776 g/mol. The van der Waals surface area contributed by atoms with E-state index in [9.17, 15) is 19.2 Å². The number of likely N-dealkylation sites (tertiary alicyclic amines) is 1. The third kappa shape index (κ3) is 6.65. The van der Waals surface area contributed by atoms with Crippen LogP contribution in [0.15, 0.2) is 48.8 Å². The van der Waals surface area contributed by atoms with E-state index in [0.29, 0.717) is 33.9 Å². The molecular weight excluding hydrogens is 732 g/mol. The first-order valence-corrected chi connectivity index (χ1v) is 20.0. The first kappa shape index (κ1) is 36.5. The Morgan fingerprint density at radius 2 is 1.61 bits per heavy atom. The Balaban J connectivity index is 0.724. The smallest absolute Gasteiger partial charge is 0.262 e. The minimum Gasteiger partial charge on any atom is -0.369 e. The number of piperazine rings is 1. The van der Waals surface area contributed by atoms with Crippen LogP contribution < -0.4 is 20.0 Å². The van der Waals surface area contributed by atoms with Crippen LogP contribution in [0.3, 0.4) is 0 Å². The summed E-state index contributed by atoms with van der Waals surface area (Å²) in [5.74, 6) is -1.14. The van der Waals surface area contributed by atoms with Crippen molar-refractivity contribution in [2.75, 3.05) is 73.6 Å². The van der Waals surface area contributed by atoms with Crippen molar-refractivity contribution in [2.45, 2.75) is 63.7 Å². The number of hydrogen-bond acceptors (Lipinski definition) is 11. The van der Waals surface area contributed by atoms with E-state index >= 15 is 0 Å². The Bertz CT molecular complexity index is 2120. The maximum Gasteiger partial charge on any atom is 0.262 e. The fourth-order valence-electron chi connectivity index (χ4n) is 9.73. The number of rotatable bonds is 7. The molecule has 5 saturated heterocycles. The van der Waals surface area contributed by atoms with Gasteiger partial charge in [0.15, 0.2) is 0 Å². The predicted octanol–water partition coefficient (Wildman–Crippen LogP) is 3.97. The maximum atomic E-state index is 13.3. The largest absolute Gasteiger partial charge is 0.369 e. The van der Waals surface area contributed by atoms with Crippen molar-refractivity contribution < 1.29 is 19.2 Å². The number of imide groups is 2. The van der Waals surface area contributed by atoms with Crippen LogP contribution in [0.2, 0.25) is 5.02 Å². The highest BCUT2D eigenvalue weighted by Crippen LogP contribution is 2.46. The Morgan fingerprint density at radius 1 is 0.893 bits per heavy atom. The standard InChI is InChI=1S/C41H45ClN10O4/c1-26-19-41(25-51(26)29-4-6-34(43-2)33(42)18-29)9-11-50(12-10-41)40-44-20-27(21-45-40)22-47-23-30(24-47)49-15-13-48(14-16-49)28-3-5-31-32(17-28)39(56)52(38(31)55)35-7-8-36(53)46-37(35)54/h3-6,17-18,20-21,26,30,35H,7-16,19,22-25H2,1H3,(H,46,53,54)/t26-,35?/m0/s1. The molecule has 56 heavy (non-hydrogen) atoms. The lowest BCUT2D eigenvalue weighted by atomic mass is 9.77. The van der Waals surface area contributed by atoms with Crippen molar-refractivity contribution in [3.05, 3.63) is 81.9 Å². The molecule has 15 heteroatoms. The minimum atomic E-state index is -0.965. The number of carbonyl (C=O) groups is 4. The minimum absolute atomic E-state index is 0.0985. The van der Waals surface area contributed by atoms with Gasteiger partial charge in [0.2, 0.25) is 23.5 Å². The van der Waals surface area contributed by atoms with Gasteiger partial charge in [-0.15, -0.1) is 0 Å². The molecule has 0 saturated carbocycles. The van der Waals surface area contributed by atoms with E-state index in [2.05, 4.69) is 41.6 Å². The van der Waals surface area contributed by atoms with E-state index in [1.807, 2.05) is 36.7 Å². The molecule has 1 spiro atoms.